The van der Waals surface area contributed by atoms with E-state index in [-0.39, 0.29) is 10.8 Å². The largest absolute Gasteiger partial charge is 0.309 e. The number of fused-ring (bicyclic) bond motifs is 12. The molecule has 0 aliphatic heterocycles. The lowest BCUT2D eigenvalue weighted by atomic mass is 9.81. The van der Waals surface area contributed by atoms with Crippen LogP contribution in [0.5, 0.6) is 0 Å². The van der Waals surface area contributed by atoms with Gasteiger partial charge in [0, 0.05) is 27.3 Å². The van der Waals surface area contributed by atoms with E-state index in [4.69, 9.17) is 0 Å². The van der Waals surface area contributed by atoms with Crippen molar-refractivity contribution in [1.82, 2.24) is 4.57 Å². The van der Waals surface area contributed by atoms with Crippen LogP contribution in [0.1, 0.15) is 49.9 Å². The fourth-order valence-electron chi connectivity index (χ4n) is 8.23. The van der Waals surface area contributed by atoms with E-state index >= 15 is 0 Å². The third-order valence-corrected chi connectivity index (χ3v) is 10.2. The Hall–Kier alpha value is -4.62. The van der Waals surface area contributed by atoms with Crippen molar-refractivity contribution in [1.29, 1.82) is 0 Å². The summed E-state index contributed by atoms with van der Waals surface area (Å²) in [6.45, 7) is 9.54. The summed E-state index contributed by atoms with van der Waals surface area (Å²) in [4.78, 5) is 0. The predicted molar refractivity (Wildman–Crippen MR) is 173 cm³/mol. The second kappa shape index (κ2) is 7.56. The van der Waals surface area contributed by atoms with Crippen molar-refractivity contribution in [3.63, 3.8) is 0 Å². The van der Waals surface area contributed by atoms with Crippen LogP contribution >= 0.6 is 0 Å². The van der Waals surface area contributed by atoms with Crippen molar-refractivity contribution < 1.29 is 0 Å². The van der Waals surface area contributed by atoms with Crippen molar-refractivity contribution in [2.45, 2.75) is 38.5 Å². The Morgan fingerprint density at radius 1 is 0.488 bits per heavy atom. The lowest BCUT2D eigenvalue weighted by Crippen LogP contribution is -2.16. The van der Waals surface area contributed by atoms with Gasteiger partial charge in [0.15, 0.2) is 0 Å². The third-order valence-electron chi connectivity index (χ3n) is 10.2. The zero-order valence-electron chi connectivity index (χ0n) is 23.9. The van der Waals surface area contributed by atoms with Crippen LogP contribution in [0.15, 0.2) is 115 Å². The molecule has 9 rings (SSSR count). The van der Waals surface area contributed by atoms with Crippen molar-refractivity contribution in [3.05, 3.63) is 138 Å². The van der Waals surface area contributed by atoms with Crippen LogP contribution in [-0.2, 0) is 10.8 Å². The zero-order valence-corrected chi connectivity index (χ0v) is 23.9. The maximum absolute atomic E-state index is 2.55. The molecule has 0 atom stereocenters. The second-order valence-corrected chi connectivity index (χ2v) is 13.0. The molecule has 0 spiro atoms. The molecule has 1 heteroatoms. The highest BCUT2D eigenvalue weighted by Gasteiger charge is 2.40. The lowest BCUT2D eigenvalue weighted by Gasteiger charge is -2.24. The maximum atomic E-state index is 2.55. The van der Waals surface area contributed by atoms with Gasteiger partial charge in [0.2, 0.25) is 0 Å². The zero-order chi connectivity index (χ0) is 27.7. The molecular formula is C40H31N. The van der Waals surface area contributed by atoms with E-state index in [1.165, 1.54) is 82.8 Å². The first-order valence-corrected chi connectivity index (χ1v) is 14.7. The third kappa shape index (κ3) is 2.77. The lowest BCUT2D eigenvalue weighted by molar-refractivity contribution is 0.660. The monoisotopic (exact) mass is 525 g/mol. The second-order valence-electron chi connectivity index (χ2n) is 13.0. The Kier molecular flexibility index (Phi) is 4.26. The first-order valence-electron chi connectivity index (χ1n) is 14.7. The van der Waals surface area contributed by atoms with E-state index in [2.05, 4.69) is 148 Å². The molecule has 0 N–H and O–H groups in total. The molecule has 6 aromatic carbocycles. The standard InChI is InChI=1S/C40H31N/c1-39(2)32-15-9-7-13-27(32)31-23-25(18-22-33(31)39)41-35-16-10-8-14-28(35)29-19-20-30-36-26-12-6-5-11-24(26)17-21-34(36)40(3,4)37(30)38(29)41/h5-23H,1-4H3. The first kappa shape index (κ1) is 23.1. The van der Waals surface area contributed by atoms with Crippen molar-refractivity contribution in [3.8, 4) is 27.9 Å². The van der Waals surface area contributed by atoms with Crippen LogP contribution in [0, 0.1) is 0 Å². The minimum atomic E-state index is -0.133. The van der Waals surface area contributed by atoms with E-state index in [1.807, 2.05) is 0 Å². The van der Waals surface area contributed by atoms with Crippen LogP contribution in [0.4, 0.5) is 0 Å². The van der Waals surface area contributed by atoms with E-state index < -0.39 is 0 Å². The van der Waals surface area contributed by atoms with Gasteiger partial charge in [-0.1, -0.05) is 125 Å². The Labute approximate surface area is 240 Å². The number of hydrogen-bond acceptors (Lipinski definition) is 0. The highest BCUT2D eigenvalue weighted by molar-refractivity contribution is 6.15. The SMILES string of the molecule is CC1(C)c2ccccc2-c2cc(-n3c4ccccc4c4ccc5c(c43)C(C)(C)c3ccc4ccccc4c3-5)ccc21. The molecule has 0 fully saturated rings. The highest BCUT2D eigenvalue weighted by atomic mass is 15.0. The molecule has 41 heavy (non-hydrogen) atoms. The van der Waals surface area contributed by atoms with E-state index in [0.717, 1.165) is 0 Å². The molecule has 1 heterocycles. The molecule has 0 saturated carbocycles. The molecule has 0 unspecified atom stereocenters. The van der Waals surface area contributed by atoms with Crippen LogP contribution in [0.3, 0.4) is 0 Å². The quantitative estimate of drug-likeness (QED) is 0.201. The van der Waals surface area contributed by atoms with Gasteiger partial charge in [0.1, 0.15) is 0 Å². The summed E-state index contributed by atoms with van der Waals surface area (Å²) in [7, 11) is 0. The van der Waals surface area contributed by atoms with Gasteiger partial charge in [-0.25, -0.2) is 0 Å². The Balaban J connectivity index is 1.42. The Bertz CT molecular complexity index is 2260. The molecule has 0 bridgehead atoms. The molecular weight excluding hydrogens is 494 g/mol. The Morgan fingerprint density at radius 2 is 1.20 bits per heavy atom. The smallest absolute Gasteiger partial charge is 0.0588 e. The van der Waals surface area contributed by atoms with Gasteiger partial charge in [-0.3, -0.25) is 0 Å². The highest BCUT2D eigenvalue weighted by Crippen LogP contribution is 2.55. The van der Waals surface area contributed by atoms with Gasteiger partial charge in [0.05, 0.1) is 11.0 Å². The molecule has 1 aromatic heterocycles. The maximum Gasteiger partial charge on any atom is 0.0588 e. The van der Waals surface area contributed by atoms with Gasteiger partial charge in [-0.15, -0.1) is 0 Å². The topological polar surface area (TPSA) is 4.93 Å². The Morgan fingerprint density at radius 3 is 2.07 bits per heavy atom. The van der Waals surface area contributed by atoms with Gasteiger partial charge in [-0.05, 0) is 73.5 Å². The summed E-state index contributed by atoms with van der Waals surface area (Å²) in [6, 6.07) is 43.3. The number of rotatable bonds is 1. The van der Waals surface area contributed by atoms with Crippen molar-refractivity contribution in [2.24, 2.45) is 0 Å². The van der Waals surface area contributed by atoms with Gasteiger partial charge >= 0.3 is 0 Å². The number of benzene rings is 6. The average molecular weight is 526 g/mol. The summed E-state index contributed by atoms with van der Waals surface area (Å²) in [5.74, 6) is 0. The summed E-state index contributed by atoms with van der Waals surface area (Å²) in [6.07, 6.45) is 0. The molecule has 0 radical (unpaired) electrons. The first-order chi connectivity index (χ1) is 19.9. The van der Waals surface area contributed by atoms with Crippen LogP contribution in [0.25, 0.3) is 60.5 Å². The molecule has 1 nitrogen and oxygen atoms in total. The summed E-state index contributed by atoms with van der Waals surface area (Å²) in [5.41, 5.74) is 14.8. The number of aromatic nitrogens is 1. The van der Waals surface area contributed by atoms with Crippen LogP contribution in [0.2, 0.25) is 0 Å². The van der Waals surface area contributed by atoms with Gasteiger partial charge in [-0.2, -0.15) is 0 Å². The van der Waals surface area contributed by atoms with Crippen LogP contribution < -0.4 is 0 Å². The van der Waals surface area contributed by atoms with Gasteiger partial charge < -0.3 is 4.57 Å². The fourth-order valence-corrected chi connectivity index (χ4v) is 8.23. The normalized spacial score (nSPS) is 15.7. The molecule has 196 valence electrons. The van der Waals surface area contributed by atoms with Crippen molar-refractivity contribution in [2.75, 3.05) is 0 Å². The van der Waals surface area contributed by atoms with Crippen molar-refractivity contribution >= 4 is 32.6 Å². The molecule has 2 aliphatic rings. The summed E-state index contributed by atoms with van der Waals surface area (Å²) in [5, 5.41) is 5.28. The van der Waals surface area contributed by atoms with Crippen LogP contribution in [-0.4, -0.2) is 4.57 Å². The van der Waals surface area contributed by atoms with E-state index in [9.17, 15) is 0 Å². The number of hydrogen-bond donors (Lipinski definition) is 0. The fraction of sp³-hybridized carbons (Fsp3) is 0.150. The molecule has 0 amide bonds. The minimum absolute atomic E-state index is 0.00276. The number of nitrogens with zero attached hydrogens (tertiary/aromatic N) is 1. The van der Waals surface area contributed by atoms with E-state index in [1.54, 1.807) is 0 Å². The predicted octanol–water partition coefficient (Wildman–Crippen LogP) is 10.5. The number of para-hydroxylation sites is 1. The summed E-state index contributed by atoms with van der Waals surface area (Å²) >= 11 is 0. The molecule has 7 aromatic rings. The molecule has 2 aliphatic carbocycles. The van der Waals surface area contributed by atoms with E-state index in [0.29, 0.717) is 0 Å². The molecule has 0 saturated heterocycles. The minimum Gasteiger partial charge on any atom is -0.309 e. The summed E-state index contributed by atoms with van der Waals surface area (Å²) < 4.78 is 2.55. The van der Waals surface area contributed by atoms with Gasteiger partial charge in [0.25, 0.3) is 0 Å². The average Bonchev–Trinajstić information content (AvgIpc) is 3.54.